The van der Waals surface area contributed by atoms with E-state index in [4.69, 9.17) is 5.11 Å². The molecule has 0 saturated carbocycles. The number of carbonyl (C=O) groups is 2. The summed E-state index contributed by atoms with van der Waals surface area (Å²) in [6, 6.07) is 7.58. The lowest BCUT2D eigenvalue weighted by molar-refractivity contribution is 0.0697. The van der Waals surface area contributed by atoms with Crippen LogP contribution in [0.4, 0.5) is 10.1 Å². The summed E-state index contributed by atoms with van der Waals surface area (Å²) in [6.07, 6.45) is 0. The van der Waals surface area contributed by atoms with E-state index in [-0.39, 0.29) is 16.9 Å². The summed E-state index contributed by atoms with van der Waals surface area (Å²) in [7, 11) is 0. The Hall–Kier alpha value is -2.41. The summed E-state index contributed by atoms with van der Waals surface area (Å²) in [4.78, 5) is 23.1. The van der Waals surface area contributed by atoms with Crippen molar-refractivity contribution in [3.63, 3.8) is 0 Å². The van der Waals surface area contributed by atoms with Crippen molar-refractivity contribution < 1.29 is 24.2 Å². The van der Waals surface area contributed by atoms with Gasteiger partial charge in [-0.05, 0) is 30.3 Å². The first kappa shape index (κ1) is 15.0. The lowest BCUT2D eigenvalue weighted by atomic mass is 10.1. The molecule has 0 aromatic heterocycles. The largest absolute Gasteiger partial charge is 0.507 e. The van der Waals surface area contributed by atoms with Crippen LogP contribution in [0, 0.1) is 5.82 Å². The molecule has 0 fully saturated rings. The van der Waals surface area contributed by atoms with Crippen molar-refractivity contribution in [2.75, 3.05) is 5.32 Å². The number of hydrogen-bond donors (Lipinski definition) is 3. The van der Waals surface area contributed by atoms with Crippen LogP contribution in [-0.4, -0.2) is 22.1 Å². The zero-order valence-electron chi connectivity index (χ0n) is 10.4. The SMILES string of the molecule is O=C(Nc1c(F)cccc1C(=O)O)c1cc(Br)ccc1O. The minimum absolute atomic E-state index is 0.107. The number of para-hydroxylation sites is 1. The molecular formula is C14H9BrFNO4. The van der Waals surface area contributed by atoms with E-state index >= 15 is 0 Å². The van der Waals surface area contributed by atoms with Gasteiger partial charge in [-0.15, -0.1) is 0 Å². The highest BCUT2D eigenvalue weighted by molar-refractivity contribution is 9.10. The first-order chi connectivity index (χ1) is 9.90. The van der Waals surface area contributed by atoms with E-state index in [1.165, 1.54) is 30.3 Å². The fraction of sp³-hybridized carbons (Fsp3) is 0. The van der Waals surface area contributed by atoms with Gasteiger partial charge in [0.05, 0.1) is 16.8 Å². The third-order valence-electron chi connectivity index (χ3n) is 2.69. The lowest BCUT2D eigenvalue weighted by Gasteiger charge is -2.10. The summed E-state index contributed by atoms with van der Waals surface area (Å²) in [5, 5.41) is 20.8. The molecule has 2 aromatic carbocycles. The number of amides is 1. The number of phenols is 1. The molecule has 0 aliphatic rings. The number of nitrogens with one attached hydrogen (secondary N) is 1. The second-order valence-electron chi connectivity index (χ2n) is 4.08. The molecule has 0 atom stereocenters. The van der Waals surface area contributed by atoms with E-state index in [0.717, 1.165) is 6.07 Å². The van der Waals surface area contributed by atoms with E-state index in [2.05, 4.69) is 21.2 Å². The molecule has 2 aromatic rings. The van der Waals surface area contributed by atoms with Gasteiger partial charge in [0, 0.05) is 4.47 Å². The van der Waals surface area contributed by atoms with Crippen LogP contribution in [0.2, 0.25) is 0 Å². The quantitative estimate of drug-likeness (QED) is 0.790. The molecule has 3 N–H and O–H groups in total. The Labute approximate surface area is 127 Å². The summed E-state index contributed by atoms with van der Waals surface area (Å²) in [5.74, 6) is -3.37. The monoisotopic (exact) mass is 353 g/mol. The molecule has 1 amide bonds. The summed E-state index contributed by atoms with van der Waals surface area (Å²) >= 11 is 3.14. The molecular weight excluding hydrogens is 345 g/mol. The van der Waals surface area contributed by atoms with Gasteiger partial charge in [0.1, 0.15) is 11.6 Å². The predicted octanol–water partition coefficient (Wildman–Crippen LogP) is 3.24. The normalized spacial score (nSPS) is 10.2. The number of rotatable bonds is 3. The lowest BCUT2D eigenvalue weighted by Crippen LogP contribution is -2.16. The first-order valence-corrected chi connectivity index (χ1v) is 6.51. The Morgan fingerprint density at radius 1 is 1.14 bits per heavy atom. The van der Waals surface area contributed by atoms with Crippen molar-refractivity contribution in [1.29, 1.82) is 0 Å². The molecule has 0 spiro atoms. The molecule has 0 heterocycles. The highest BCUT2D eigenvalue weighted by Crippen LogP contribution is 2.25. The average Bonchev–Trinajstić information content (AvgIpc) is 2.43. The topological polar surface area (TPSA) is 86.6 Å². The van der Waals surface area contributed by atoms with Crippen LogP contribution in [0.5, 0.6) is 5.75 Å². The molecule has 5 nitrogen and oxygen atoms in total. The Morgan fingerprint density at radius 2 is 1.86 bits per heavy atom. The number of benzene rings is 2. The minimum Gasteiger partial charge on any atom is -0.507 e. The van der Waals surface area contributed by atoms with Crippen molar-refractivity contribution in [3.8, 4) is 5.75 Å². The Balaban J connectivity index is 2.41. The zero-order chi connectivity index (χ0) is 15.6. The summed E-state index contributed by atoms with van der Waals surface area (Å²) in [6.45, 7) is 0. The van der Waals surface area contributed by atoms with Crippen LogP contribution in [0.1, 0.15) is 20.7 Å². The van der Waals surface area contributed by atoms with Gasteiger partial charge in [0.15, 0.2) is 0 Å². The highest BCUT2D eigenvalue weighted by atomic mass is 79.9. The molecule has 0 bridgehead atoms. The molecule has 0 unspecified atom stereocenters. The third-order valence-corrected chi connectivity index (χ3v) is 3.18. The van der Waals surface area contributed by atoms with E-state index in [1.54, 1.807) is 0 Å². The molecule has 7 heteroatoms. The van der Waals surface area contributed by atoms with E-state index in [9.17, 15) is 19.1 Å². The number of aromatic carboxylic acids is 1. The van der Waals surface area contributed by atoms with Gasteiger partial charge in [-0.1, -0.05) is 22.0 Å². The maximum absolute atomic E-state index is 13.7. The van der Waals surface area contributed by atoms with Gasteiger partial charge < -0.3 is 15.5 Å². The van der Waals surface area contributed by atoms with Gasteiger partial charge in [-0.25, -0.2) is 9.18 Å². The number of carboxylic acids is 1. The molecule has 0 aliphatic heterocycles. The van der Waals surface area contributed by atoms with E-state index in [0.29, 0.717) is 4.47 Å². The van der Waals surface area contributed by atoms with Crippen molar-refractivity contribution in [3.05, 3.63) is 57.8 Å². The van der Waals surface area contributed by atoms with Crippen LogP contribution in [-0.2, 0) is 0 Å². The van der Waals surface area contributed by atoms with Gasteiger partial charge in [0.25, 0.3) is 5.91 Å². The van der Waals surface area contributed by atoms with E-state index in [1.807, 2.05) is 0 Å². The average molecular weight is 354 g/mol. The summed E-state index contributed by atoms with van der Waals surface area (Å²) in [5.41, 5.74) is -0.934. The van der Waals surface area contributed by atoms with E-state index < -0.39 is 23.4 Å². The molecule has 2 rings (SSSR count). The number of halogens is 2. The Bertz CT molecular complexity index is 733. The van der Waals surface area contributed by atoms with Crippen molar-refractivity contribution in [1.82, 2.24) is 0 Å². The van der Waals surface area contributed by atoms with Crippen LogP contribution in [0.3, 0.4) is 0 Å². The molecule has 0 aliphatic carbocycles. The number of anilines is 1. The number of carboxylic acid groups (broad SMARTS) is 1. The van der Waals surface area contributed by atoms with Gasteiger partial charge in [-0.2, -0.15) is 0 Å². The fourth-order valence-electron chi connectivity index (χ4n) is 1.70. The van der Waals surface area contributed by atoms with Crippen LogP contribution in [0.25, 0.3) is 0 Å². The molecule has 21 heavy (non-hydrogen) atoms. The number of aromatic hydroxyl groups is 1. The van der Waals surface area contributed by atoms with Crippen molar-refractivity contribution >= 4 is 33.5 Å². The predicted molar refractivity (Wildman–Crippen MR) is 77.1 cm³/mol. The second kappa shape index (κ2) is 5.92. The van der Waals surface area contributed by atoms with Crippen molar-refractivity contribution in [2.24, 2.45) is 0 Å². The molecule has 0 saturated heterocycles. The smallest absolute Gasteiger partial charge is 0.337 e. The number of carbonyl (C=O) groups excluding carboxylic acids is 1. The standard InChI is InChI=1S/C14H9BrFNO4/c15-7-4-5-11(18)9(6-7)13(19)17-12-8(14(20)21)2-1-3-10(12)16/h1-6,18H,(H,17,19)(H,20,21). The van der Waals surface area contributed by atoms with Gasteiger partial charge in [-0.3, -0.25) is 4.79 Å². The highest BCUT2D eigenvalue weighted by Gasteiger charge is 2.19. The minimum atomic E-state index is -1.37. The van der Waals surface area contributed by atoms with Crippen molar-refractivity contribution in [2.45, 2.75) is 0 Å². The molecule has 0 radical (unpaired) electrons. The maximum Gasteiger partial charge on any atom is 0.337 e. The first-order valence-electron chi connectivity index (χ1n) is 5.72. The van der Waals surface area contributed by atoms with Gasteiger partial charge >= 0.3 is 5.97 Å². The Morgan fingerprint density at radius 3 is 2.52 bits per heavy atom. The van der Waals surface area contributed by atoms with Crippen LogP contribution < -0.4 is 5.32 Å². The number of hydrogen-bond acceptors (Lipinski definition) is 3. The fourth-order valence-corrected chi connectivity index (χ4v) is 2.06. The maximum atomic E-state index is 13.7. The Kier molecular flexibility index (Phi) is 4.23. The third kappa shape index (κ3) is 3.19. The zero-order valence-corrected chi connectivity index (χ0v) is 12.0. The van der Waals surface area contributed by atoms with Crippen LogP contribution in [0.15, 0.2) is 40.9 Å². The summed E-state index contributed by atoms with van der Waals surface area (Å²) < 4.78 is 14.3. The van der Waals surface area contributed by atoms with Gasteiger partial charge in [0.2, 0.25) is 0 Å². The van der Waals surface area contributed by atoms with Crippen LogP contribution >= 0.6 is 15.9 Å². The number of phenolic OH excluding ortho intramolecular Hbond substituents is 1. The molecule has 108 valence electrons. The second-order valence-corrected chi connectivity index (χ2v) is 5.00.